The van der Waals surface area contributed by atoms with Crippen LogP contribution in [0.25, 0.3) is 11.1 Å². The molecule has 2 aliphatic rings. The zero-order valence-corrected chi connectivity index (χ0v) is 39.0. The molecule has 2 aliphatic carbocycles. The number of aryl methyl sites for hydroxylation is 2. The lowest BCUT2D eigenvalue weighted by atomic mass is 9.75. The van der Waals surface area contributed by atoms with Crippen LogP contribution in [-0.2, 0) is 38.0 Å². The van der Waals surface area contributed by atoms with Gasteiger partial charge in [0.2, 0.25) is 0 Å². The van der Waals surface area contributed by atoms with Gasteiger partial charge in [-0.3, -0.25) is 9.59 Å². The van der Waals surface area contributed by atoms with E-state index in [1.54, 1.807) is 0 Å². The molecule has 0 fully saturated rings. The molecular formula is C60H54N2O2P2. The molecule has 0 radical (unpaired) electrons. The summed E-state index contributed by atoms with van der Waals surface area (Å²) in [4.78, 5) is 30.6. The number of carbonyl (C=O) groups excluding carboxylic acids is 2. The summed E-state index contributed by atoms with van der Waals surface area (Å²) in [5.41, 5.74) is 12.8. The van der Waals surface area contributed by atoms with Crippen molar-refractivity contribution in [1.82, 2.24) is 0 Å². The molecule has 8 aromatic carbocycles. The Balaban J connectivity index is 1.30. The van der Waals surface area contributed by atoms with Crippen LogP contribution in [0.5, 0.6) is 0 Å². The fourth-order valence-electron chi connectivity index (χ4n) is 10.1. The van der Waals surface area contributed by atoms with Crippen molar-refractivity contribution in [3.8, 4) is 11.1 Å². The van der Waals surface area contributed by atoms with Gasteiger partial charge in [-0.2, -0.15) is 0 Å². The standard InChI is InChI=1S/C60H54N2O2P2/c63-59(61-45-25-7-1-8-26-45)53-39-43-23-19-21-37-51(43)57(55(53)41-65(47-29-11-3-12-30-47)48-31-13-4-14-32-48)58-52-38-22-20-24-44(52)40-54(60(64)62-46-27-9-2-10-28-46)56(58)42-66(49-33-15-5-16-34-49)50-35-17-6-18-36-50/h1-18,25-36,39-40H,19-24,37-38,41-42H2,(H,61,63)(H,62,64). The van der Waals surface area contributed by atoms with Crippen molar-refractivity contribution >= 4 is 60.3 Å². The van der Waals surface area contributed by atoms with Crippen LogP contribution in [0.4, 0.5) is 11.4 Å². The fraction of sp³-hybridized carbons (Fsp3) is 0.167. The number of benzene rings is 8. The van der Waals surface area contributed by atoms with E-state index in [2.05, 4.69) is 144 Å². The molecule has 10 rings (SSSR count). The normalized spacial score (nSPS) is 13.2. The number of fused-ring (bicyclic) bond motifs is 2. The van der Waals surface area contributed by atoms with Gasteiger partial charge in [0, 0.05) is 34.8 Å². The highest BCUT2D eigenvalue weighted by molar-refractivity contribution is 7.72. The van der Waals surface area contributed by atoms with Gasteiger partial charge in [0.15, 0.2) is 0 Å². The first-order valence-corrected chi connectivity index (χ1v) is 26.5. The molecule has 0 spiro atoms. The molecule has 66 heavy (non-hydrogen) atoms. The van der Waals surface area contributed by atoms with Crippen LogP contribution in [0.15, 0.2) is 194 Å². The highest BCUT2D eigenvalue weighted by Gasteiger charge is 2.34. The number of hydrogen-bond acceptors (Lipinski definition) is 2. The van der Waals surface area contributed by atoms with Crippen LogP contribution in [-0.4, -0.2) is 11.8 Å². The van der Waals surface area contributed by atoms with Gasteiger partial charge in [0.25, 0.3) is 11.8 Å². The van der Waals surface area contributed by atoms with E-state index in [0.29, 0.717) is 12.3 Å². The summed E-state index contributed by atoms with van der Waals surface area (Å²) in [7, 11) is -1.93. The van der Waals surface area contributed by atoms with E-state index >= 15 is 9.59 Å². The van der Waals surface area contributed by atoms with Crippen LogP contribution in [0, 0.1) is 0 Å². The highest BCUT2D eigenvalue weighted by atomic mass is 31.1. The van der Waals surface area contributed by atoms with E-state index in [9.17, 15) is 0 Å². The fourth-order valence-corrected chi connectivity index (χ4v) is 14.8. The molecule has 2 amide bonds. The molecule has 0 saturated heterocycles. The maximum absolute atomic E-state index is 15.3. The van der Waals surface area contributed by atoms with Gasteiger partial charge in [-0.05, 0) is 169 Å². The maximum Gasteiger partial charge on any atom is 0.255 e. The minimum atomic E-state index is -0.966. The van der Waals surface area contributed by atoms with E-state index in [1.807, 2.05) is 60.7 Å². The Morgan fingerprint density at radius 3 is 0.985 bits per heavy atom. The zero-order chi connectivity index (χ0) is 44.7. The Hall–Kier alpha value is -6.44. The quantitative estimate of drug-likeness (QED) is 0.113. The topological polar surface area (TPSA) is 58.2 Å². The smallest absolute Gasteiger partial charge is 0.255 e. The number of rotatable bonds is 13. The lowest BCUT2D eigenvalue weighted by Crippen LogP contribution is -2.23. The number of carbonyl (C=O) groups is 2. The van der Waals surface area contributed by atoms with Crippen molar-refractivity contribution in [3.63, 3.8) is 0 Å². The summed E-state index contributed by atoms with van der Waals surface area (Å²) in [5, 5.41) is 11.8. The third kappa shape index (κ3) is 9.45. The Labute approximate surface area is 392 Å². The molecule has 0 aliphatic heterocycles. The van der Waals surface area contributed by atoms with Crippen LogP contribution >= 0.6 is 15.8 Å². The van der Waals surface area contributed by atoms with Crippen molar-refractivity contribution < 1.29 is 9.59 Å². The lowest BCUT2D eigenvalue weighted by Gasteiger charge is -2.33. The van der Waals surface area contributed by atoms with Crippen molar-refractivity contribution in [2.45, 2.75) is 63.7 Å². The number of para-hydroxylation sites is 2. The SMILES string of the molecule is O=C(Nc1ccccc1)c1cc2c(c(-c3c4c(cc(C(=O)Nc5ccccc5)c3CP(c3ccccc3)c3ccccc3)CCCC4)c1CP(c1ccccc1)c1ccccc1)CCCC2. The van der Waals surface area contributed by atoms with Crippen LogP contribution < -0.4 is 31.9 Å². The van der Waals surface area contributed by atoms with Crippen LogP contribution in [0.1, 0.15) is 79.8 Å². The Bertz CT molecular complexity index is 2660. The lowest BCUT2D eigenvalue weighted by molar-refractivity contribution is 0.101. The Morgan fingerprint density at radius 1 is 0.379 bits per heavy atom. The predicted octanol–water partition coefficient (Wildman–Crippen LogP) is 12.9. The monoisotopic (exact) mass is 896 g/mol. The number of nitrogens with one attached hydrogen (secondary N) is 2. The van der Waals surface area contributed by atoms with Gasteiger partial charge in [-0.15, -0.1) is 0 Å². The number of hydrogen-bond donors (Lipinski definition) is 2. The van der Waals surface area contributed by atoms with Gasteiger partial charge in [-0.1, -0.05) is 158 Å². The first-order chi connectivity index (χ1) is 32.6. The summed E-state index contributed by atoms with van der Waals surface area (Å²) >= 11 is 0. The molecule has 0 heterocycles. The number of anilines is 2. The van der Waals surface area contributed by atoms with E-state index in [4.69, 9.17) is 0 Å². The summed E-state index contributed by atoms with van der Waals surface area (Å²) < 4.78 is 0. The first kappa shape index (κ1) is 43.5. The average molecular weight is 897 g/mol. The van der Waals surface area contributed by atoms with Gasteiger partial charge in [0.05, 0.1) is 0 Å². The van der Waals surface area contributed by atoms with Crippen molar-refractivity contribution in [1.29, 1.82) is 0 Å². The Morgan fingerprint density at radius 2 is 0.667 bits per heavy atom. The third-order valence-corrected chi connectivity index (χ3v) is 18.2. The minimum Gasteiger partial charge on any atom is -0.322 e. The van der Waals surface area contributed by atoms with Crippen LogP contribution in [0.2, 0.25) is 0 Å². The molecule has 0 saturated carbocycles. The molecule has 4 nitrogen and oxygen atoms in total. The molecule has 0 atom stereocenters. The Kier molecular flexibility index (Phi) is 13.4. The van der Waals surface area contributed by atoms with Crippen molar-refractivity contribution in [2.75, 3.05) is 10.6 Å². The molecule has 0 aromatic heterocycles. The molecule has 0 bridgehead atoms. The van der Waals surface area contributed by atoms with E-state index < -0.39 is 15.8 Å². The van der Waals surface area contributed by atoms with Gasteiger partial charge in [0.1, 0.15) is 0 Å². The van der Waals surface area contributed by atoms with Crippen molar-refractivity contribution in [2.24, 2.45) is 0 Å². The third-order valence-electron chi connectivity index (χ3n) is 13.2. The summed E-state index contributed by atoms with van der Waals surface area (Å²) in [5.74, 6) is -0.183. The van der Waals surface area contributed by atoms with Gasteiger partial charge < -0.3 is 10.6 Å². The summed E-state index contributed by atoms with van der Waals surface area (Å²) in [6, 6.07) is 67.8. The largest absolute Gasteiger partial charge is 0.322 e. The predicted molar refractivity (Wildman–Crippen MR) is 280 cm³/mol. The molecular weight excluding hydrogens is 843 g/mol. The maximum atomic E-state index is 15.3. The second-order valence-corrected chi connectivity index (χ2v) is 21.8. The van der Waals surface area contributed by atoms with E-state index in [-0.39, 0.29) is 11.8 Å². The first-order valence-electron chi connectivity index (χ1n) is 23.4. The molecule has 0 unspecified atom stereocenters. The number of amides is 2. The second kappa shape index (κ2) is 20.4. The minimum absolute atomic E-state index is 0.0916. The van der Waals surface area contributed by atoms with Crippen molar-refractivity contribution in [3.05, 3.63) is 239 Å². The van der Waals surface area contributed by atoms with E-state index in [1.165, 1.54) is 54.6 Å². The molecule has 6 heteroatoms. The average Bonchev–Trinajstić information content (AvgIpc) is 3.38. The van der Waals surface area contributed by atoms with Gasteiger partial charge in [-0.25, -0.2) is 0 Å². The second-order valence-electron chi connectivity index (χ2n) is 17.4. The molecule has 2 N–H and O–H groups in total. The molecule has 8 aromatic rings. The van der Waals surface area contributed by atoms with E-state index in [0.717, 1.165) is 85.0 Å². The van der Waals surface area contributed by atoms with Gasteiger partial charge >= 0.3 is 0 Å². The summed E-state index contributed by atoms with van der Waals surface area (Å²) in [6.45, 7) is 0. The zero-order valence-electron chi connectivity index (χ0n) is 37.3. The highest BCUT2D eigenvalue weighted by Crippen LogP contribution is 2.51. The summed E-state index contributed by atoms with van der Waals surface area (Å²) in [6.07, 6.45) is 9.31. The molecule has 326 valence electrons. The van der Waals surface area contributed by atoms with Crippen LogP contribution in [0.3, 0.4) is 0 Å².